The molecule has 336 valence electrons. The fraction of sp³-hybridized carbons (Fsp3) is 0.500. The lowest BCUT2D eigenvalue weighted by molar-refractivity contribution is 0.0980. The molecule has 5 rings (SSSR count). The zero-order chi connectivity index (χ0) is 45.5. The first-order valence-corrected chi connectivity index (χ1v) is 26.5. The van der Waals surface area contributed by atoms with Crippen LogP contribution in [-0.2, 0) is 45.4 Å². The van der Waals surface area contributed by atoms with E-state index in [4.69, 9.17) is 0 Å². The Labute approximate surface area is 372 Å². The van der Waals surface area contributed by atoms with Gasteiger partial charge in [-0.15, -0.1) is 0 Å². The molecule has 2 unspecified atom stereocenters. The molecule has 0 amide bonds. The van der Waals surface area contributed by atoms with Gasteiger partial charge in [-0.2, -0.15) is 0 Å². The summed E-state index contributed by atoms with van der Waals surface area (Å²) in [5.74, 6) is -0.409. The number of fused-ring (bicyclic) bond motifs is 2. The van der Waals surface area contributed by atoms with Gasteiger partial charge in [-0.1, -0.05) is 130 Å². The molecule has 0 saturated heterocycles. The van der Waals surface area contributed by atoms with Crippen LogP contribution in [0.1, 0.15) is 172 Å². The van der Waals surface area contributed by atoms with Gasteiger partial charge in [0, 0.05) is 22.5 Å². The smallest absolute Gasteiger partial charge is 0.196 e. The number of hydrogen-bond donors (Lipinski definition) is 2. The van der Waals surface area contributed by atoms with Crippen LogP contribution in [0, 0.1) is 25.7 Å². The Bertz CT molecular complexity index is 2350. The van der Waals surface area contributed by atoms with Crippen LogP contribution in [0.25, 0.3) is 0 Å². The molecule has 0 radical (unpaired) electrons. The predicted octanol–water partition coefficient (Wildman–Crippen LogP) is 12.8. The highest BCUT2D eigenvalue weighted by molar-refractivity contribution is 7.91. The summed E-state index contributed by atoms with van der Waals surface area (Å²) in [6.07, 6.45) is 9.31. The summed E-state index contributed by atoms with van der Waals surface area (Å²) in [6, 6.07) is 14.3. The molecule has 4 aromatic rings. The summed E-state index contributed by atoms with van der Waals surface area (Å²) >= 11 is 0. The van der Waals surface area contributed by atoms with E-state index in [-0.39, 0.29) is 46.0 Å². The van der Waals surface area contributed by atoms with Crippen molar-refractivity contribution in [1.29, 1.82) is 0 Å². The maximum Gasteiger partial charge on any atom is 0.196 e. The van der Waals surface area contributed by atoms with E-state index in [9.17, 15) is 26.4 Å². The molecule has 8 nitrogen and oxygen atoms in total. The standard InChI is InChI=1S/C52H70N2O6S2/c1-11-19-23-35(13-3)31-61(57,58)51-33(9)29-37(15-5)47(39(51)17-7)53-43-27-28-44(46-45(43)49(55)41-25-21-22-26-42(41)50(46)56)54-48-38(16-6)30-34(10)52(40(48)18-8)62(59,60)32-36(14-4)24-20-12-2/h21-22,25-30,35-36,53-54H,11-20,23-24,31-32H2,1-10H3. The van der Waals surface area contributed by atoms with Crippen molar-refractivity contribution in [3.8, 4) is 0 Å². The number of benzene rings is 4. The highest BCUT2D eigenvalue weighted by Gasteiger charge is 2.36. The average Bonchev–Trinajstić information content (AvgIpc) is 3.25. The molecule has 0 saturated carbocycles. The number of hydrogen-bond acceptors (Lipinski definition) is 8. The summed E-state index contributed by atoms with van der Waals surface area (Å²) in [6.45, 7) is 20.1. The van der Waals surface area contributed by atoms with Crippen molar-refractivity contribution in [3.05, 3.63) is 104 Å². The molecule has 0 aliphatic heterocycles. The SMILES string of the molecule is CCCCC(CC)CS(=O)(=O)c1c(C)cc(CC)c(Nc2ccc(Nc3c(CC)cc(C)c(S(=O)(=O)CC(CC)CCCC)c3CC)c3c2C(=O)c2ccccc2C3=O)c1CC. The third-order valence-corrected chi connectivity index (χ3v) is 17.2. The first-order chi connectivity index (χ1) is 29.6. The van der Waals surface area contributed by atoms with E-state index >= 15 is 0 Å². The van der Waals surface area contributed by atoms with Gasteiger partial charge in [0.25, 0.3) is 0 Å². The van der Waals surface area contributed by atoms with Gasteiger partial charge >= 0.3 is 0 Å². The highest BCUT2D eigenvalue weighted by atomic mass is 32.2. The van der Waals surface area contributed by atoms with Gasteiger partial charge in [0.15, 0.2) is 31.2 Å². The summed E-state index contributed by atoms with van der Waals surface area (Å²) < 4.78 is 57.6. The van der Waals surface area contributed by atoms with E-state index in [2.05, 4.69) is 38.3 Å². The number of unbranched alkanes of at least 4 members (excludes halogenated alkanes) is 2. The maximum absolute atomic E-state index is 14.8. The third-order valence-electron chi connectivity index (χ3n) is 13.0. The number of nitrogens with one attached hydrogen (secondary N) is 2. The molecule has 0 spiro atoms. The van der Waals surface area contributed by atoms with Crippen LogP contribution in [-0.4, -0.2) is 39.9 Å². The van der Waals surface area contributed by atoms with Gasteiger partial charge in [-0.25, -0.2) is 16.8 Å². The molecule has 0 fully saturated rings. The Morgan fingerprint density at radius 3 is 1.21 bits per heavy atom. The van der Waals surface area contributed by atoms with Crippen molar-refractivity contribution in [1.82, 2.24) is 0 Å². The lowest BCUT2D eigenvalue weighted by Gasteiger charge is -2.28. The van der Waals surface area contributed by atoms with Gasteiger partial charge in [-0.3, -0.25) is 9.59 Å². The van der Waals surface area contributed by atoms with Crippen LogP contribution >= 0.6 is 0 Å². The van der Waals surface area contributed by atoms with Crippen LogP contribution < -0.4 is 10.6 Å². The molecular weight excluding hydrogens is 813 g/mol. The van der Waals surface area contributed by atoms with Crippen LogP contribution in [0.4, 0.5) is 22.7 Å². The molecule has 0 aromatic heterocycles. The minimum Gasteiger partial charge on any atom is -0.354 e. The number of rotatable bonds is 22. The Kier molecular flexibility index (Phi) is 16.5. The second kappa shape index (κ2) is 20.9. The molecule has 2 atom stereocenters. The van der Waals surface area contributed by atoms with E-state index in [1.807, 2.05) is 53.7 Å². The minimum absolute atomic E-state index is 0.0484. The molecule has 1 aliphatic rings. The molecule has 0 bridgehead atoms. The third kappa shape index (κ3) is 9.91. The Hall–Kier alpha value is -4.28. The molecule has 62 heavy (non-hydrogen) atoms. The zero-order valence-electron chi connectivity index (χ0n) is 38.9. The summed E-state index contributed by atoms with van der Waals surface area (Å²) in [4.78, 5) is 30.3. The van der Waals surface area contributed by atoms with Crippen molar-refractivity contribution < 1.29 is 26.4 Å². The second-order valence-corrected chi connectivity index (χ2v) is 21.2. The van der Waals surface area contributed by atoms with Crippen LogP contribution in [0.5, 0.6) is 0 Å². The lowest BCUT2D eigenvalue weighted by Crippen LogP contribution is -2.24. The normalized spacial score (nSPS) is 13.8. The largest absolute Gasteiger partial charge is 0.354 e. The molecule has 0 heterocycles. The minimum atomic E-state index is -3.69. The summed E-state index contributed by atoms with van der Waals surface area (Å²) in [5.41, 5.74) is 7.65. The molecule has 1 aliphatic carbocycles. The van der Waals surface area contributed by atoms with E-state index in [0.29, 0.717) is 91.6 Å². The first-order valence-electron chi connectivity index (χ1n) is 23.2. The van der Waals surface area contributed by atoms with E-state index in [1.54, 1.807) is 36.4 Å². The fourth-order valence-corrected chi connectivity index (χ4v) is 14.3. The Morgan fingerprint density at radius 2 is 0.903 bits per heavy atom. The average molecular weight is 883 g/mol. The number of aryl methyl sites for hydroxylation is 4. The number of anilines is 4. The van der Waals surface area contributed by atoms with Crippen molar-refractivity contribution in [3.63, 3.8) is 0 Å². The summed E-state index contributed by atoms with van der Waals surface area (Å²) in [7, 11) is -7.38. The van der Waals surface area contributed by atoms with E-state index in [1.165, 1.54) is 0 Å². The van der Waals surface area contributed by atoms with Gasteiger partial charge in [0.2, 0.25) is 0 Å². The van der Waals surface area contributed by atoms with Crippen LogP contribution in [0.3, 0.4) is 0 Å². The van der Waals surface area contributed by atoms with Crippen molar-refractivity contribution in [2.75, 3.05) is 22.1 Å². The van der Waals surface area contributed by atoms with Crippen LogP contribution in [0.2, 0.25) is 0 Å². The predicted molar refractivity (Wildman–Crippen MR) is 257 cm³/mol. The number of ketones is 2. The molecular formula is C52H70N2O6S2. The zero-order valence-corrected chi connectivity index (χ0v) is 40.6. The first kappa shape index (κ1) is 48.7. The topological polar surface area (TPSA) is 126 Å². The number of carbonyl (C=O) groups is 2. The lowest BCUT2D eigenvalue weighted by atomic mass is 9.82. The van der Waals surface area contributed by atoms with Crippen LogP contribution in [0.15, 0.2) is 58.3 Å². The quantitative estimate of drug-likeness (QED) is 0.0704. The summed E-state index contributed by atoms with van der Waals surface area (Å²) in [5, 5.41) is 7.12. The van der Waals surface area contributed by atoms with E-state index < -0.39 is 19.7 Å². The van der Waals surface area contributed by atoms with Crippen molar-refractivity contribution in [2.24, 2.45) is 11.8 Å². The van der Waals surface area contributed by atoms with E-state index in [0.717, 1.165) is 62.5 Å². The van der Waals surface area contributed by atoms with Crippen molar-refractivity contribution >= 4 is 54.0 Å². The highest BCUT2D eigenvalue weighted by Crippen LogP contribution is 2.43. The molecule has 10 heteroatoms. The van der Waals surface area contributed by atoms with Gasteiger partial charge < -0.3 is 10.6 Å². The monoisotopic (exact) mass is 882 g/mol. The maximum atomic E-state index is 14.8. The fourth-order valence-electron chi connectivity index (χ4n) is 9.58. The van der Waals surface area contributed by atoms with Crippen molar-refractivity contribution in [2.45, 2.75) is 156 Å². The van der Waals surface area contributed by atoms with Gasteiger partial charge in [0.05, 0.1) is 43.8 Å². The van der Waals surface area contributed by atoms with Gasteiger partial charge in [-0.05, 0) is 110 Å². The number of sulfone groups is 2. The molecule has 4 aromatic carbocycles. The number of carbonyl (C=O) groups excluding carboxylic acids is 2. The Morgan fingerprint density at radius 1 is 0.532 bits per heavy atom. The van der Waals surface area contributed by atoms with Gasteiger partial charge in [0.1, 0.15) is 0 Å². The Balaban J connectivity index is 1.73. The molecule has 2 N–H and O–H groups in total. The second-order valence-electron chi connectivity index (χ2n) is 17.2.